The summed E-state index contributed by atoms with van der Waals surface area (Å²) in [6, 6.07) is 3.91. The maximum Gasteiger partial charge on any atom is 0.325 e. The molecule has 0 spiro atoms. The average molecular weight is 353 g/mol. The lowest BCUT2D eigenvalue weighted by Crippen LogP contribution is -2.54. The summed E-state index contributed by atoms with van der Waals surface area (Å²) in [5.41, 5.74) is 6.11. The molecule has 0 unspecified atom stereocenters. The van der Waals surface area contributed by atoms with Crippen LogP contribution in [0.25, 0.3) is 0 Å². The molecule has 0 heterocycles. The highest BCUT2D eigenvalue weighted by Gasteiger charge is 2.24. The molecule has 0 aliphatic rings. The molecule has 1 rings (SSSR count). The van der Waals surface area contributed by atoms with E-state index in [4.69, 9.17) is 15.6 Å². The fourth-order valence-electron chi connectivity index (χ4n) is 1.93. The van der Waals surface area contributed by atoms with Gasteiger partial charge in [0.05, 0.1) is 13.2 Å². The van der Waals surface area contributed by atoms with Gasteiger partial charge >= 0.3 is 5.97 Å². The first-order valence-corrected chi connectivity index (χ1v) is 7.75. The number of amides is 2. The first kappa shape index (κ1) is 20.4. The molecule has 0 bridgehead atoms. The number of nitrogens with one attached hydrogen (secondary N) is 2. The van der Waals surface area contributed by atoms with E-state index in [2.05, 4.69) is 10.6 Å². The molecule has 0 fully saturated rings. The topological polar surface area (TPSA) is 151 Å². The Labute approximate surface area is 145 Å². The molecule has 9 heteroatoms. The molecule has 138 valence electrons. The lowest BCUT2D eigenvalue weighted by Gasteiger charge is -2.20. The molecule has 0 saturated carbocycles. The highest BCUT2D eigenvalue weighted by Crippen LogP contribution is 2.11. The Morgan fingerprint density at radius 1 is 1.20 bits per heavy atom. The van der Waals surface area contributed by atoms with Crippen LogP contribution in [-0.4, -0.2) is 59.8 Å². The lowest BCUT2D eigenvalue weighted by molar-refractivity contribution is -0.143. The molecule has 9 nitrogen and oxygen atoms in total. The molecule has 0 aliphatic carbocycles. The van der Waals surface area contributed by atoms with Crippen molar-refractivity contribution in [2.24, 2.45) is 5.73 Å². The number of hydrogen-bond acceptors (Lipinski definition) is 7. The third kappa shape index (κ3) is 7.19. The minimum absolute atomic E-state index is 0.0680. The van der Waals surface area contributed by atoms with Crippen molar-refractivity contribution in [2.75, 3.05) is 19.8 Å². The van der Waals surface area contributed by atoms with Crippen LogP contribution >= 0.6 is 0 Å². The van der Waals surface area contributed by atoms with Gasteiger partial charge < -0.3 is 31.3 Å². The maximum absolute atomic E-state index is 12.3. The number of esters is 1. The molecule has 1 aromatic rings. The van der Waals surface area contributed by atoms with E-state index in [0.717, 1.165) is 0 Å². The van der Waals surface area contributed by atoms with Crippen molar-refractivity contribution in [3.63, 3.8) is 0 Å². The fourth-order valence-corrected chi connectivity index (χ4v) is 1.93. The summed E-state index contributed by atoms with van der Waals surface area (Å²) < 4.78 is 4.72. The van der Waals surface area contributed by atoms with E-state index < -0.39 is 36.5 Å². The number of ether oxygens (including phenoxy) is 1. The van der Waals surface area contributed by atoms with Gasteiger partial charge in [-0.05, 0) is 24.6 Å². The van der Waals surface area contributed by atoms with E-state index in [-0.39, 0.29) is 25.3 Å². The van der Waals surface area contributed by atoms with Crippen LogP contribution in [0.2, 0.25) is 0 Å². The largest absolute Gasteiger partial charge is 0.508 e. The Hall–Kier alpha value is -2.65. The highest BCUT2D eigenvalue weighted by molar-refractivity contribution is 5.91. The third-order valence-corrected chi connectivity index (χ3v) is 3.25. The molecule has 25 heavy (non-hydrogen) atoms. The molecule has 0 radical (unpaired) electrons. The van der Waals surface area contributed by atoms with E-state index in [1.54, 1.807) is 19.1 Å². The summed E-state index contributed by atoms with van der Waals surface area (Å²) in [6.07, 6.45) is 0.110. The first-order chi connectivity index (χ1) is 11.9. The first-order valence-electron chi connectivity index (χ1n) is 7.75. The van der Waals surface area contributed by atoms with Gasteiger partial charge in [0.1, 0.15) is 24.4 Å². The van der Waals surface area contributed by atoms with Crippen molar-refractivity contribution in [3.8, 4) is 5.75 Å². The molecule has 0 aromatic heterocycles. The summed E-state index contributed by atoms with van der Waals surface area (Å²) in [7, 11) is 0. The van der Waals surface area contributed by atoms with Gasteiger partial charge in [-0.3, -0.25) is 14.4 Å². The van der Waals surface area contributed by atoms with Crippen molar-refractivity contribution in [2.45, 2.75) is 25.4 Å². The number of nitrogens with two attached hydrogens (primary N) is 1. The number of hydrogen-bond donors (Lipinski definition) is 5. The van der Waals surface area contributed by atoms with E-state index in [9.17, 15) is 19.5 Å². The maximum atomic E-state index is 12.3. The Morgan fingerprint density at radius 3 is 2.40 bits per heavy atom. The Kier molecular flexibility index (Phi) is 8.37. The van der Waals surface area contributed by atoms with Crippen LogP contribution in [0.5, 0.6) is 5.75 Å². The number of aliphatic hydroxyl groups excluding tert-OH is 1. The van der Waals surface area contributed by atoms with Gasteiger partial charge in [0.25, 0.3) is 0 Å². The van der Waals surface area contributed by atoms with Crippen molar-refractivity contribution < 1.29 is 29.3 Å². The summed E-state index contributed by atoms with van der Waals surface area (Å²) in [4.78, 5) is 35.5. The quantitative estimate of drug-likeness (QED) is 0.336. The molecule has 2 amide bonds. The number of rotatable bonds is 9. The van der Waals surface area contributed by atoms with Gasteiger partial charge in [-0.15, -0.1) is 0 Å². The van der Waals surface area contributed by atoms with E-state index in [0.29, 0.717) is 5.56 Å². The zero-order chi connectivity index (χ0) is 18.8. The molecular weight excluding hydrogens is 330 g/mol. The smallest absolute Gasteiger partial charge is 0.325 e. The summed E-state index contributed by atoms with van der Waals surface area (Å²) in [6.45, 7) is 0.931. The van der Waals surface area contributed by atoms with Crippen LogP contribution in [0.15, 0.2) is 24.3 Å². The number of carbonyl (C=O) groups excluding carboxylic acids is 3. The monoisotopic (exact) mass is 353 g/mol. The van der Waals surface area contributed by atoms with Crippen LogP contribution in [0.1, 0.15) is 12.5 Å². The molecule has 0 saturated heterocycles. The van der Waals surface area contributed by atoms with Crippen molar-refractivity contribution in [1.82, 2.24) is 10.6 Å². The predicted octanol–water partition coefficient (Wildman–Crippen LogP) is -1.58. The Bertz CT molecular complexity index is 590. The number of aromatic hydroxyl groups is 1. The van der Waals surface area contributed by atoms with Crippen molar-refractivity contribution >= 4 is 17.8 Å². The van der Waals surface area contributed by atoms with E-state index in [1.807, 2.05) is 0 Å². The van der Waals surface area contributed by atoms with Crippen molar-refractivity contribution in [3.05, 3.63) is 29.8 Å². The predicted molar refractivity (Wildman–Crippen MR) is 88.4 cm³/mol. The normalized spacial score (nSPS) is 12.8. The summed E-state index contributed by atoms with van der Waals surface area (Å²) in [5.74, 6) is -1.83. The van der Waals surface area contributed by atoms with Gasteiger partial charge in [0.15, 0.2) is 0 Å². The van der Waals surface area contributed by atoms with E-state index >= 15 is 0 Å². The molecule has 2 atom stereocenters. The number of benzene rings is 1. The van der Waals surface area contributed by atoms with Gasteiger partial charge in [0, 0.05) is 6.42 Å². The zero-order valence-corrected chi connectivity index (χ0v) is 13.9. The number of phenolic OH excluding ortho intramolecular Hbond substituents is 1. The summed E-state index contributed by atoms with van der Waals surface area (Å²) in [5, 5.41) is 23.1. The highest BCUT2D eigenvalue weighted by atomic mass is 16.5. The Balaban J connectivity index is 2.78. The second-order valence-corrected chi connectivity index (χ2v) is 5.24. The minimum atomic E-state index is -1.17. The van der Waals surface area contributed by atoms with Crippen LogP contribution in [0.4, 0.5) is 0 Å². The molecule has 6 N–H and O–H groups in total. The van der Waals surface area contributed by atoms with Crippen LogP contribution in [-0.2, 0) is 25.5 Å². The Morgan fingerprint density at radius 2 is 1.84 bits per heavy atom. The van der Waals surface area contributed by atoms with Crippen LogP contribution in [0.3, 0.4) is 0 Å². The van der Waals surface area contributed by atoms with Gasteiger partial charge in [-0.1, -0.05) is 12.1 Å². The van der Waals surface area contributed by atoms with E-state index in [1.165, 1.54) is 12.1 Å². The summed E-state index contributed by atoms with van der Waals surface area (Å²) >= 11 is 0. The third-order valence-electron chi connectivity index (χ3n) is 3.25. The second kappa shape index (κ2) is 10.3. The lowest BCUT2D eigenvalue weighted by atomic mass is 10.0. The van der Waals surface area contributed by atoms with Gasteiger partial charge in [-0.25, -0.2) is 0 Å². The van der Waals surface area contributed by atoms with Crippen molar-refractivity contribution in [1.29, 1.82) is 0 Å². The van der Waals surface area contributed by atoms with Crippen LogP contribution in [0, 0.1) is 0 Å². The molecule has 1 aromatic carbocycles. The van der Waals surface area contributed by atoms with Gasteiger partial charge in [-0.2, -0.15) is 0 Å². The second-order valence-electron chi connectivity index (χ2n) is 5.24. The number of aliphatic hydroxyl groups is 1. The zero-order valence-electron chi connectivity index (χ0n) is 13.9. The average Bonchev–Trinajstić information content (AvgIpc) is 2.60. The van der Waals surface area contributed by atoms with Crippen LogP contribution < -0.4 is 16.4 Å². The fraction of sp³-hybridized carbons (Fsp3) is 0.438. The SMILES string of the molecule is CCOC(=O)CNC(=O)[C@H](Cc1ccc(O)cc1)NC(=O)[C@@H](N)CO. The standard InChI is InChI=1S/C16H23N3O6/c1-2-25-14(22)8-18-16(24)13(19-15(23)12(17)9-20)7-10-3-5-11(21)6-4-10/h3-6,12-13,20-21H,2,7-9,17H2,1H3,(H,18,24)(H,19,23)/t12-,13-/m0/s1. The van der Waals surface area contributed by atoms with Gasteiger partial charge in [0.2, 0.25) is 11.8 Å². The number of phenols is 1. The molecule has 0 aliphatic heterocycles. The minimum Gasteiger partial charge on any atom is -0.508 e. The number of carbonyl (C=O) groups is 3. The molecular formula is C16H23N3O6.